The van der Waals surface area contributed by atoms with Gasteiger partial charge in [0.2, 0.25) is 0 Å². The summed E-state index contributed by atoms with van der Waals surface area (Å²) in [6.07, 6.45) is 5.56. The number of aromatic amines is 1. The number of H-pyrrole nitrogens is 1. The summed E-state index contributed by atoms with van der Waals surface area (Å²) in [5.41, 5.74) is 1.89. The summed E-state index contributed by atoms with van der Waals surface area (Å²) >= 11 is 12.6. The van der Waals surface area contributed by atoms with E-state index in [0.717, 1.165) is 44.1 Å². The summed E-state index contributed by atoms with van der Waals surface area (Å²) in [6, 6.07) is 12.4. The lowest BCUT2D eigenvalue weighted by Gasteiger charge is -2.47. The molecule has 1 fully saturated rings. The molecule has 1 aliphatic heterocycles. The second kappa shape index (κ2) is 11.4. The lowest BCUT2D eigenvalue weighted by molar-refractivity contribution is -0.135. The largest absolute Gasteiger partial charge is 0.345 e. The summed E-state index contributed by atoms with van der Waals surface area (Å²) in [5, 5.41) is 17.3. The molecule has 1 saturated carbocycles. The van der Waals surface area contributed by atoms with E-state index in [-0.39, 0.29) is 30.3 Å². The number of halogens is 2. The van der Waals surface area contributed by atoms with Crippen molar-refractivity contribution in [2.24, 2.45) is 10.9 Å². The standard InChI is InChI=1S/C28H31Cl2N7O2/c1-3-6-23(18-8-10-19(11-9-18)26(38)31-16-24-33-35-36-34-24)37-27(39)25(20-13-21(29)15-22(30)14-20)32-28(37)12-5-4-7-17(28)2/h8-11,13-15,17,23H,3-7,12,16H2,1-2H3,(H,31,38)(H,33,34,35,36). The fourth-order valence-electron chi connectivity index (χ4n) is 5.81. The van der Waals surface area contributed by atoms with Crippen molar-refractivity contribution in [3.05, 3.63) is 75.0 Å². The molecule has 204 valence electrons. The number of tetrazole rings is 1. The third kappa shape index (κ3) is 5.43. The molecule has 1 aromatic heterocycles. The second-order valence-corrected chi connectivity index (χ2v) is 11.1. The molecule has 5 rings (SSSR count). The quantitative estimate of drug-likeness (QED) is 0.372. The maximum absolute atomic E-state index is 14.2. The van der Waals surface area contributed by atoms with Crippen LogP contribution in [0.15, 0.2) is 47.5 Å². The molecule has 1 aliphatic carbocycles. The van der Waals surface area contributed by atoms with Gasteiger partial charge in [-0.05, 0) is 67.5 Å². The Morgan fingerprint density at radius 2 is 1.92 bits per heavy atom. The molecule has 2 N–H and O–H groups in total. The van der Waals surface area contributed by atoms with Gasteiger partial charge in [-0.25, -0.2) is 0 Å². The van der Waals surface area contributed by atoms with E-state index in [0.29, 0.717) is 32.7 Å². The van der Waals surface area contributed by atoms with E-state index in [1.165, 1.54) is 0 Å². The van der Waals surface area contributed by atoms with E-state index in [1.807, 2.05) is 17.0 Å². The Bertz CT molecular complexity index is 1360. The summed E-state index contributed by atoms with van der Waals surface area (Å²) in [4.78, 5) is 34.1. The first kappa shape index (κ1) is 27.3. The van der Waals surface area contributed by atoms with Crippen LogP contribution >= 0.6 is 23.2 Å². The zero-order chi connectivity index (χ0) is 27.6. The molecule has 1 spiro atoms. The van der Waals surface area contributed by atoms with Gasteiger partial charge in [0.05, 0.1) is 12.6 Å². The van der Waals surface area contributed by atoms with Crippen molar-refractivity contribution in [3.8, 4) is 0 Å². The van der Waals surface area contributed by atoms with Crippen molar-refractivity contribution in [1.82, 2.24) is 30.8 Å². The number of aliphatic imine (C=N–C) groups is 1. The van der Waals surface area contributed by atoms with Gasteiger partial charge in [-0.2, -0.15) is 5.21 Å². The highest BCUT2D eigenvalue weighted by molar-refractivity contribution is 6.47. The Morgan fingerprint density at radius 1 is 1.18 bits per heavy atom. The Balaban J connectivity index is 1.47. The van der Waals surface area contributed by atoms with E-state index < -0.39 is 5.66 Å². The van der Waals surface area contributed by atoms with E-state index in [4.69, 9.17) is 28.2 Å². The van der Waals surface area contributed by atoms with Gasteiger partial charge in [-0.3, -0.25) is 14.6 Å². The molecule has 9 nitrogen and oxygen atoms in total. The van der Waals surface area contributed by atoms with Crippen molar-refractivity contribution < 1.29 is 9.59 Å². The highest BCUT2D eigenvalue weighted by atomic mass is 35.5. The molecule has 2 aromatic carbocycles. The van der Waals surface area contributed by atoms with Crippen LogP contribution in [0.1, 0.15) is 85.7 Å². The molecule has 2 heterocycles. The van der Waals surface area contributed by atoms with Crippen LogP contribution in [0.3, 0.4) is 0 Å². The van der Waals surface area contributed by atoms with Crippen LogP contribution in [-0.2, 0) is 11.3 Å². The van der Waals surface area contributed by atoms with Crippen LogP contribution in [0.25, 0.3) is 0 Å². The summed E-state index contributed by atoms with van der Waals surface area (Å²) < 4.78 is 0. The van der Waals surface area contributed by atoms with Crippen LogP contribution < -0.4 is 5.32 Å². The molecule has 39 heavy (non-hydrogen) atoms. The number of carbonyl (C=O) groups is 2. The number of hydrogen-bond acceptors (Lipinski definition) is 6. The van der Waals surface area contributed by atoms with Gasteiger partial charge in [0.15, 0.2) is 5.82 Å². The van der Waals surface area contributed by atoms with Crippen LogP contribution in [0.4, 0.5) is 0 Å². The average Bonchev–Trinajstić information content (AvgIpc) is 3.54. The minimum absolute atomic E-state index is 0.109. The molecule has 2 amide bonds. The average molecular weight is 569 g/mol. The molecule has 0 radical (unpaired) electrons. The van der Waals surface area contributed by atoms with Crippen molar-refractivity contribution >= 4 is 40.7 Å². The molecule has 3 atom stereocenters. The number of benzene rings is 2. The minimum Gasteiger partial charge on any atom is -0.345 e. The highest BCUT2D eigenvalue weighted by Gasteiger charge is 2.53. The maximum Gasteiger partial charge on any atom is 0.275 e. The van der Waals surface area contributed by atoms with Crippen LogP contribution in [0.5, 0.6) is 0 Å². The van der Waals surface area contributed by atoms with E-state index in [1.54, 1.807) is 30.3 Å². The van der Waals surface area contributed by atoms with Gasteiger partial charge >= 0.3 is 0 Å². The van der Waals surface area contributed by atoms with Crippen molar-refractivity contribution in [3.63, 3.8) is 0 Å². The number of nitrogens with one attached hydrogen (secondary N) is 2. The van der Waals surface area contributed by atoms with Gasteiger partial charge in [-0.15, -0.1) is 10.2 Å². The monoisotopic (exact) mass is 567 g/mol. The van der Waals surface area contributed by atoms with Gasteiger partial charge in [0, 0.05) is 21.2 Å². The minimum atomic E-state index is -0.639. The third-order valence-corrected chi connectivity index (χ3v) is 8.17. The Kier molecular flexibility index (Phi) is 8.00. The fourth-order valence-corrected chi connectivity index (χ4v) is 6.33. The van der Waals surface area contributed by atoms with Crippen molar-refractivity contribution in [2.45, 2.75) is 70.6 Å². The normalized spacial score (nSPS) is 21.7. The van der Waals surface area contributed by atoms with E-state index in [2.05, 4.69) is 39.8 Å². The SMILES string of the molecule is CCCC(c1ccc(C(=O)NCc2nn[nH]n2)cc1)N1C(=O)C(c2cc(Cl)cc(Cl)c2)=NC12CCCCC2C. The first-order chi connectivity index (χ1) is 18.8. The molecule has 11 heteroatoms. The number of nitrogens with zero attached hydrogens (tertiary/aromatic N) is 5. The van der Waals surface area contributed by atoms with Crippen LogP contribution in [0, 0.1) is 5.92 Å². The van der Waals surface area contributed by atoms with Crippen molar-refractivity contribution in [1.29, 1.82) is 0 Å². The lowest BCUT2D eigenvalue weighted by Crippen LogP contribution is -2.54. The first-order valence-corrected chi connectivity index (χ1v) is 14.1. The van der Waals surface area contributed by atoms with Gasteiger partial charge in [0.25, 0.3) is 11.8 Å². The Morgan fingerprint density at radius 3 is 2.56 bits per heavy atom. The molecule has 3 unspecified atom stereocenters. The molecule has 0 saturated heterocycles. The fraction of sp³-hybridized carbons (Fsp3) is 0.429. The summed E-state index contributed by atoms with van der Waals surface area (Å²) in [7, 11) is 0. The van der Waals surface area contributed by atoms with Gasteiger partial charge < -0.3 is 10.2 Å². The number of hydrogen-bond donors (Lipinski definition) is 2. The van der Waals surface area contributed by atoms with Crippen molar-refractivity contribution in [2.75, 3.05) is 0 Å². The number of amides is 2. The number of rotatable bonds is 8. The molecule has 2 aliphatic rings. The van der Waals surface area contributed by atoms with Gasteiger partial charge in [0.1, 0.15) is 11.4 Å². The Labute approximate surface area is 237 Å². The zero-order valence-corrected chi connectivity index (χ0v) is 23.5. The Hall–Kier alpha value is -3.30. The number of carbonyl (C=O) groups excluding carboxylic acids is 2. The van der Waals surface area contributed by atoms with Crippen LogP contribution in [-0.4, -0.2) is 48.7 Å². The number of aromatic nitrogens is 4. The molecular weight excluding hydrogens is 537 g/mol. The van der Waals surface area contributed by atoms with Gasteiger partial charge in [-0.1, -0.05) is 67.2 Å². The highest BCUT2D eigenvalue weighted by Crippen LogP contribution is 2.48. The summed E-state index contributed by atoms with van der Waals surface area (Å²) in [5.74, 6) is 0.245. The second-order valence-electron chi connectivity index (χ2n) is 10.3. The first-order valence-electron chi connectivity index (χ1n) is 13.3. The zero-order valence-electron chi connectivity index (χ0n) is 22.0. The third-order valence-electron chi connectivity index (χ3n) is 7.73. The molecule has 3 aromatic rings. The predicted octanol–water partition coefficient (Wildman–Crippen LogP) is 5.52. The van der Waals surface area contributed by atoms with E-state index >= 15 is 0 Å². The van der Waals surface area contributed by atoms with Crippen LogP contribution in [0.2, 0.25) is 10.0 Å². The smallest absolute Gasteiger partial charge is 0.275 e. The lowest BCUT2D eigenvalue weighted by atomic mass is 9.78. The summed E-state index contributed by atoms with van der Waals surface area (Å²) in [6.45, 7) is 4.48. The van der Waals surface area contributed by atoms with E-state index in [9.17, 15) is 9.59 Å². The maximum atomic E-state index is 14.2. The predicted molar refractivity (Wildman–Crippen MR) is 150 cm³/mol. The molecule has 0 bridgehead atoms. The topological polar surface area (TPSA) is 116 Å². The molecular formula is C28H31Cl2N7O2.